The molecule has 0 aliphatic carbocycles. The number of allylic oxidation sites excluding steroid dienone is 1. The smallest absolute Gasteiger partial charge is 0.399 e. The largest absolute Gasteiger partial charge is 0.573 e. The van der Waals surface area contributed by atoms with E-state index in [4.69, 9.17) is 0 Å². The van der Waals surface area contributed by atoms with Crippen molar-refractivity contribution in [1.29, 1.82) is 0 Å². The lowest BCUT2D eigenvalue weighted by Gasteiger charge is -2.14. The molecule has 0 atom stereocenters. The van der Waals surface area contributed by atoms with Gasteiger partial charge >= 0.3 is 6.36 Å². The number of benzene rings is 5. The zero-order chi connectivity index (χ0) is 32.6. The van der Waals surface area contributed by atoms with Gasteiger partial charge in [-0.3, -0.25) is 0 Å². The highest BCUT2D eigenvalue weighted by molar-refractivity contribution is 5.76. The van der Waals surface area contributed by atoms with Crippen molar-refractivity contribution < 1.29 is 48.6 Å². The molecular weight excluding hydrogens is 614 g/mol. The average Bonchev–Trinajstić information content (AvgIpc) is 2.98. The van der Waals surface area contributed by atoms with Crippen molar-refractivity contribution in [3.63, 3.8) is 0 Å². The van der Waals surface area contributed by atoms with E-state index < -0.39 is 64.0 Å². The molecule has 5 rings (SSSR count). The molecule has 0 spiro atoms. The third kappa shape index (κ3) is 6.72. The van der Waals surface area contributed by atoms with E-state index in [-0.39, 0.29) is 28.8 Å². The third-order valence-corrected chi connectivity index (χ3v) is 6.82. The molecule has 1 nitrogen and oxygen atoms in total. The first-order chi connectivity index (χ1) is 21.2. The van der Waals surface area contributed by atoms with Crippen LogP contribution >= 0.6 is 0 Å². The highest BCUT2D eigenvalue weighted by Gasteiger charge is 2.34. The molecule has 5 aromatic rings. The molecule has 11 heteroatoms. The van der Waals surface area contributed by atoms with Crippen LogP contribution in [0.4, 0.5) is 43.9 Å². The van der Waals surface area contributed by atoms with Crippen LogP contribution in [-0.4, -0.2) is 6.36 Å². The molecule has 0 aromatic heterocycles. The molecule has 0 heterocycles. The molecule has 0 saturated heterocycles. The number of ether oxygens (including phenoxy) is 1. The van der Waals surface area contributed by atoms with E-state index in [2.05, 4.69) is 4.74 Å². The topological polar surface area (TPSA) is 9.23 Å². The van der Waals surface area contributed by atoms with Gasteiger partial charge in [0, 0.05) is 11.1 Å². The van der Waals surface area contributed by atoms with Crippen LogP contribution in [0.15, 0.2) is 96.8 Å². The molecule has 0 aliphatic heterocycles. The Balaban J connectivity index is 1.40. The van der Waals surface area contributed by atoms with Crippen LogP contribution in [0.3, 0.4) is 0 Å². The van der Waals surface area contributed by atoms with Gasteiger partial charge in [0.2, 0.25) is 5.75 Å². The number of halogens is 10. The number of rotatable bonds is 6. The molecule has 0 radical (unpaired) electrons. The van der Waals surface area contributed by atoms with Crippen molar-refractivity contribution in [2.24, 2.45) is 0 Å². The summed E-state index contributed by atoms with van der Waals surface area (Å²) in [6.45, 7) is 1.02. The fraction of sp³-hybridized carbons (Fsp3) is 0.0588. The van der Waals surface area contributed by atoms with Gasteiger partial charge in [0.1, 0.15) is 23.3 Å². The zero-order valence-electron chi connectivity index (χ0n) is 22.8. The van der Waals surface area contributed by atoms with Crippen molar-refractivity contribution in [3.05, 3.63) is 131 Å². The van der Waals surface area contributed by atoms with Gasteiger partial charge in [-0.05, 0) is 70.6 Å². The van der Waals surface area contributed by atoms with Gasteiger partial charge in [0.15, 0.2) is 17.5 Å². The van der Waals surface area contributed by atoms with Crippen molar-refractivity contribution in [1.82, 2.24) is 0 Å². The third-order valence-electron chi connectivity index (χ3n) is 6.82. The highest BCUT2D eigenvalue weighted by Crippen LogP contribution is 2.37. The minimum atomic E-state index is -5.41. The Morgan fingerprint density at radius 2 is 0.933 bits per heavy atom. The van der Waals surface area contributed by atoms with Gasteiger partial charge in [-0.15, -0.1) is 13.2 Å². The summed E-state index contributed by atoms with van der Waals surface area (Å²) in [6, 6.07) is 18.9. The standard InChI is InChI=1S/C34H18F10O/c1-17(35)32(41)21-8-6-19(7-9-21)18-2-4-20(5-3-18)22-10-11-25(26(36)12-22)23-13-27(37)31(28(38)14-23)24-15-29(39)33(30(40)16-24)45-34(42,43)44/h2-16H,1H3. The normalized spacial score (nSPS) is 12.2. The van der Waals surface area contributed by atoms with E-state index in [1.54, 1.807) is 36.4 Å². The second-order valence-corrected chi connectivity index (χ2v) is 9.83. The first kappa shape index (κ1) is 31.4. The van der Waals surface area contributed by atoms with E-state index in [0.717, 1.165) is 36.2 Å². The van der Waals surface area contributed by atoms with Crippen molar-refractivity contribution in [2.45, 2.75) is 13.3 Å². The molecule has 0 saturated carbocycles. The van der Waals surface area contributed by atoms with E-state index in [0.29, 0.717) is 11.1 Å². The summed E-state index contributed by atoms with van der Waals surface area (Å²) in [5, 5.41) is 0. The first-order valence-corrected chi connectivity index (χ1v) is 13.0. The summed E-state index contributed by atoms with van der Waals surface area (Å²) < 4.78 is 141. The van der Waals surface area contributed by atoms with Crippen molar-refractivity contribution in [2.75, 3.05) is 0 Å². The molecule has 0 bridgehead atoms. The van der Waals surface area contributed by atoms with Crippen LogP contribution in [0.5, 0.6) is 5.75 Å². The fourth-order valence-electron chi connectivity index (χ4n) is 4.71. The van der Waals surface area contributed by atoms with E-state index in [1.807, 2.05) is 0 Å². The summed E-state index contributed by atoms with van der Waals surface area (Å²) >= 11 is 0. The first-order valence-electron chi connectivity index (χ1n) is 13.0. The lowest BCUT2D eigenvalue weighted by atomic mass is 9.95. The Morgan fingerprint density at radius 3 is 1.40 bits per heavy atom. The predicted molar refractivity (Wildman–Crippen MR) is 149 cm³/mol. The van der Waals surface area contributed by atoms with Crippen LogP contribution in [0.2, 0.25) is 0 Å². The maximum Gasteiger partial charge on any atom is 0.573 e. The highest BCUT2D eigenvalue weighted by atomic mass is 19.4. The number of alkyl halides is 3. The molecule has 0 unspecified atom stereocenters. The molecule has 5 aromatic carbocycles. The van der Waals surface area contributed by atoms with Crippen LogP contribution in [0.1, 0.15) is 12.5 Å². The lowest BCUT2D eigenvalue weighted by molar-refractivity contribution is -0.276. The lowest BCUT2D eigenvalue weighted by Crippen LogP contribution is -2.19. The SMILES string of the molecule is CC(F)=C(F)c1ccc(-c2ccc(-c3ccc(-c4cc(F)c(-c5cc(F)c(OC(F)(F)F)c(F)c5)c(F)c4)c(F)c3)cc2)cc1. The number of hydrogen-bond acceptors (Lipinski definition) is 1. The molecule has 45 heavy (non-hydrogen) atoms. The Morgan fingerprint density at radius 1 is 0.511 bits per heavy atom. The summed E-state index contributed by atoms with van der Waals surface area (Å²) in [5.74, 6) is -10.9. The zero-order valence-corrected chi connectivity index (χ0v) is 22.8. The summed E-state index contributed by atoms with van der Waals surface area (Å²) in [4.78, 5) is 0. The maximum atomic E-state index is 15.2. The number of hydrogen-bond donors (Lipinski definition) is 0. The molecule has 0 fully saturated rings. The molecule has 0 aliphatic rings. The second kappa shape index (κ2) is 12.1. The van der Waals surface area contributed by atoms with E-state index >= 15 is 13.2 Å². The average molecular weight is 632 g/mol. The molecular formula is C34H18F10O. The van der Waals surface area contributed by atoms with Crippen molar-refractivity contribution in [3.8, 4) is 50.3 Å². The van der Waals surface area contributed by atoms with Gasteiger partial charge in [0.25, 0.3) is 0 Å². The Kier molecular flexibility index (Phi) is 8.46. The monoisotopic (exact) mass is 632 g/mol. The fourth-order valence-corrected chi connectivity index (χ4v) is 4.71. The van der Waals surface area contributed by atoms with Crippen LogP contribution in [-0.2, 0) is 0 Å². The summed E-state index contributed by atoms with van der Waals surface area (Å²) in [5.41, 5.74) is 0.454. The molecule has 230 valence electrons. The van der Waals surface area contributed by atoms with Gasteiger partial charge in [-0.2, -0.15) is 0 Å². The quantitative estimate of drug-likeness (QED) is 0.169. The van der Waals surface area contributed by atoms with Gasteiger partial charge in [-0.25, -0.2) is 30.7 Å². The Bertz CT molecular complexity index is 1880. The second-order valence-electron chi connectivity index (χ2n) is 9.83. The van der Waals surface area contributed by atoms with Crippen LogP contribution < -0.4 is 4.74 Å². The van der Waals surface area contributed by atoms with E-state index in [9.17, 15) is 30.7 Å². The minimum absolute atomic E-state index is 0.0942. The minimum Gasteiger partial charge on any atom is -0.399 e. The Labute approximate surface area is 249 Å². The van der Waals surface area contributed by atoms with Crippen molar-refractivity contribution >= 4 is 5.83 Å². The van der Waals surface area contributed by atoms with Crippen LogP contribution in [0.25, 0.3) is 50.3 Å². The maximum absolute atomic E-state index is 15.2. The summed E-state index contributed by atoms with van der Waals surface area (Å²) in [6.07, 6.45) is -5.41. The van der Waals surface area contributed by atoms with Gasteiger partial charge in [-0.1, -0.05) is 60.7 Å². The molecule has 0 amide bonds. The molecule has 0 N–H and O–H groups in total. The van der Waals surface area contributed by atoms with Crippen LogP contribution in [0, 0.1) is 29.1 Å². The van der Waals surface area contributed by atoms with Gasteiger partial charge in [0.05, 0.1) is 5.56 Å². The van der Waals surface area contributed by atoms with Gasteiger partial charge < -0.3 is 4.74 Å². The van der Waals surface area contributed by atoms with E-state index in [1.165, 1.54) is 24.3 Å². The predicted octanol–water partition coefficient (Wildman–Crippen LogP) is 11.6. The Hall–Kier alpha value is -5.06. The summed E-state index contributed by atoms with van der Waals surface area (Å²) in [7, 11) is 0.